The summed E-state index contributed by atoms with van der Waals surface area (Å²) in [5.41, 5.74) is 0.409. The summed E-state index contributed by atoms with van der Waals surface area (Å²) in [4.78, 5) is 5.70. The summed E-state index contributed by atoms with van der Waals surface area (Å²) >= 11 is 0. The van der Waals surface area contributed by atoms with Crippen molar-refractivity contribution in [1.29, 1.82) is 0 Å². The molecule has 4 aliphatic rings. The fourth-order valence-electron chi connectivity index (χ4n) is 5.60. The van der Waals surface area contributed by atoms with E-state index in [-0.39, 0.29) is 0 Å². The molecule has 4 heterocycles. The van der Waals surface area contributed by atoms with E-state index in [2.05, 4.69) is 29.0 Å². The number of rotatable bonds is 1. The number of likely N-dealkylation sites (tertiary alicyclic amines) is 1. The summed E-state index contributed by atoms with van der Waals surface area (Å²) in [6.45, 7) is 11.6. The Bertz CT molecular complexity index is 354. The first-order chi connectivity index (χ1) is 9.18. The minimum absolute atomic E-state index is 0.409. The van der Waals surface area contributed by atoms with Crippen molar-refractivity contribution in [3.05, 3.63) is 0 Å². The van der Waals surface area contributed by atoms with Crippen molar-refractivity contribution in [2.24, 2.45) is 11.8 Å². The first-order valence-corrected chi connectivity index (χ1v) is 8.39. The molecule has 4 fully saturated rings. The zero-order valence-corrected chi connectivity index (χ0v) is 12.6. The van der Waals surface area contributed by atoms with Gasteiger partial charge in [0.1, 0.15) is 0 Å². The van der Waals surface area contributed by atoms with Crippen LogP contribution in [0.4, 0.5) is 0 Å². The van der Waals surface area contributed by atoms with Crippen LogP contribution in [0.15, 0.2) is 0 Å². The van der Waals surface area contributed by atoms with Crippen LogP contribution >= 0.6 is 0 Å². The van der Waals surface area contributed by atoms with E-state index in [1.807, 2.05) is 0 Å². The maximum Gasteiger partial charge on any atom is 0.0269 e. The molecule has 0 radical (unpaired) electrons. The Balaban J connectivity index is 1.56. The third-order valence-corrected chi connectivity index (χ3v) is 6.64. The Labute approximate surface area is 117 Å². The number of nitrogens with one attached hydrogen (secondary N) is 1. The molecule has 3 heteroatoms. The molecule has 19 heavy (non-hydrogen) atoms. The van der Waals surface area contributed by atoms with Crippen LogP contribution in [0.5, 0.6) is 0 Å². The van der Waals surface area contributed by atoms with Crippen LogP contribution in [0.3, 0.4) is 0 Å². The van der Waals surface area contributed by atoms with Crippen LogP contribution in [0.1, 0.15) is 39.5 Å². The highest BCUT2D eigenvalue weighted by Gasteiger charge is 2.54. The van der Waals surface area contributed by atoms with Crippen LogP contribution in [-0.4, -0.2) is 60.1 Å². The smallest absolute Gasteiger partial charge is 0.0269 e. The van der Waals surface area contributed by atoms with Gasteiger partial charge in [-0.2, -0.15) is 0 Å². The molecule has 4 rings (SSSR count). The highest BCUT2D eigenvalue weighted by molar-refractivity contribution is 5.09. The zero-order valence-electron chi connectivity index (χ0n) is 12.6. The largest absolute Gasteiger partial charge is 0.316 e. The molecule has 3 nitrogen and oxygen atoms in total. The highest BCUT2D eigenvalue weighted by atomic mass is 15.3. The van der Waals surface area contributed by atoms with E-state index in [0.717, 1.165) is 23.9 Å². The van der Waals surface area contributed by atoms with Gasteiger partial charge >= 0.3 is 0 Å². The van der Waals surface area contributed by atoms with E-state index >= 15 is 0 Å². The van der Waals surface area contributed by atoms with Crippen molar-refractivity contribution in [3.63, 3.8) is 0 Å². The van der Waals surface area contributed by atoms with Gasteiger partial charge in [-0.1, -0.05) is 6.42 Å². The van der Waals surface area contributed by atoms with Crippen molar-refractivity contribution in [2.45, 2.75) is 57.2 Å². The van der Waals surface area contributed by atoms with Crippen LogP contribution in [0.25, 0.3) is 0 Å². The topological polar surface area (TPSA) is 18.5 Å². The van der Waals surface area contributed by atoms with Gasteiger partial charge in [-0.25, -0.2) is 0 Å². The van der Waals surface area contributed by atoms with Crippen molar-refractivity contribution in [2.75, 3.05) is 32.7 Å². The van der Waals surface area contributed by atoms with Gasteiger partial charge in [-0.15, -0.1) is 0 Å². The quantitative estimate of drug-likeness (QED) is 0.774. The van der Waals surface area contributed by atoms with Crippen molar-refractivity contribution >= 4 is 0 Å². The Morgan fingerprint density at radius 2 is 1.89 bits per heavy atom. The molecule has 4 saturated heterocycles. The van der Waals surface area contributed by atoms with E-state index in [1.54, 1.807) is 0 Å². The molecule has 0 bridgehead atoms. The maximum atomic E-state index is 3.61. The van der Waals surface area contributed by atoms with E-state index < -0.39 is 0 Å². The lowest BCUT2D eigenvalue weighted by Gasteiger charge is -2.44. The van der Waals surface area contributed by atoms with Crippen LogP contribution in [0.2, 0.25) is 0 Å². The van der Waals surface area contributed by atoms with Gasteiger partial charge in [0.05, 0.1) is 0 Å². The average molecular weight is 263 g/mol. The van der Waals surface area contributed by atoms with E-state index in [1.165, 1.54) is 58.4 Å². The van der Waals surface area contributed by atoms with Crippen molar-refractivity contribution in [1.82, 2.24) is 15.1 Å². The Hall–Kier alpha value is -0.120. The van der Waals surface area contributed by atoms with E-state index in [0.29, 0.717) is 5.54 Å². The molecule has 0 saturated carbocycles. The highest BCUT2D eigenvalue weighted by Crippen LogP contribution is 2.45. The molecular formula is C16H29N3. The summed E-state index contributed by atoms with van der Waals surface area (Å²) in [5.74, 6) is 1.79. The fourth-order valence-corrected chi connectivity index (χ4v) is 5.60. The lowest BCUT2D eigenvalue weighted by molar-refractivity contribution is 0.0538. The molecular weight excluding hydrogens is 234 g/mol. The molecule has 0 aromatic rings. The van der Waals surface area contributed by atoms with Gasteiger partial charge in [0.2, 0.25) is 0 Å². The van der Waals surface area contributed by atoms with Gasteiger partial charge in [0.25, 0.3) is 0 Å². The second-order valence-electron chi connectivity index (χ2n) is 7.79. The minimum Gasteiger partial charge on any atom is -0.316 e. The molecule has 4 unspecified atom stereocenters. The number of hydrogen-bond acceptors (Lipinski definition) is 3. The van der Waals surface area contributed by atoms with Crippen molar-refractivity contribution < 1.29 is 0 Å². The summed E-state index contributed by atoms with van der Waals surface area (Å²) in [6, 6.07) is 1.72. The maximum absolute atomic E-state index is 3.61. The second-order valence-corrected chi connectivity index (χ2v) is 7.79. The number of nitrogens with zero attached hydrogens (tertiary/aromatic N) is 2. The number of hydrogen-bond donors (Lipinski definition) is 1. The summed E-state index contributed by atoms with van der Waals surface area (Å²) in [7, 11) is 0. The van der Waals surface area contributed by atoms with E-state index in [9.17, 15) is 0 Å². The molecule has 4 atom stereocenters. The predicted molar refractivity (Wildman–Crippen MR) is 78.3 cm³/mol. The van der Waals surface area contributed by atoms with Crippen LogP contribution in [-0.2, 0) is 0 Å². The van der Waals surface area contributed by atoms with Crippen LogP contribution < -0.4 is 5.32 Å². The average Bonchev–Trinajstić information content (AvgIpc) is 3.06. The summed E-state index contributed by atoms with van der Waals surface area (Å²) in [6.07, 6.45) is 5.76. The normalized spacial score (nSPS) is 46.4. The molecule has 4 aliphatic heterocycles. The molecule has 0 spiro atoms. The van der Waals surface area contributed by atoms with E-state index in [4.69, 9.17) is 0 Å². The Kier molecular flexibility index (Phi) is 2.95. The van der Waals surface area contributed by atoms with Gasteiger partial charge in [0.15, 0.2) is 0 Å². The molecule has 1 N–H and O–H groups in total. The Morgan fingerprint density at radius 3 is 2.74 bits per heavy atom. The molecule has 0 amide bonds. The summed E-state index contributed by atoms with van der Waals surface area (Å²) in [5, 5.41) is 3.61. The lowest BCUT2D eigenvalue weighted by Crippen LogP contribution is -2.54. The fraction of sp³-hybridized carbons (Fsp3) is 1.00. The van der Waals surface area contributed by atoms with Gasteiger partial charge in [-0.05, 0) is 58.0 Å². The zero-order chi connectivity index (χ0) is 13.0. The first-order valence-electron chi connectivity index (χ1n) is 8.39. The third kappa shape index (κ3) is 1.81. The van der Waals surface area contributed by atoms with Gasteiger partial charge < -0.3 is 5.32 Å². The van der Waals surface area contributed by atoms with Crippen molar-refractivity contribution in [3.8, 4) is 0 Å². The number of fused-ring (bicyclic) bond motifs is 2. The molecule has 0 aliphatic carbocycles. The monoisotopic (exact) mass is 263 g/mol. The predicted octanol–water partition coefficient (Wildman–Crippen LogP) is 1.54. The van der Waals surface area contributed by atoms with Crippen LogP contribution in [0, 0.1) is 11.8 Å². The molecule has 108 valence electrons. The summed E-state index contributed by atoms with van der Waals surface area (Å²) < 4.78 is 0. The molecule has 0 aromatic carbocycles. The standard InChI is InChI=1S/C16H29N3/c1-16(2)13-10-17-9-12(13)11-19(16)15-6-8-18-7-4-3-5-14(15)18/h12-15,17H,3-11H2,1-2H3. The lowest BCUT2D eigenvalue weighted by atomic mass is 9.84. The SMILES string of the molecule is CC1(C)C2CNCC2CN1C1CCN2CCCCC12. The minimum atomic E-state index is 0.409. The first kappa shape index (κ1) is 12.6. The molecule has 0 aromatic heterocycles. The van der Waals surface area contributed by atoms with Gasteiger partial charge in [0, 0.05) is 37.3 Å². The Morgan fingerprint density at radius 1 is 1.00 bits per heavy atom. The second kappa shape index (κ2) is 4.44. The van der Waals surface area contributed by atoms with Gasteiger partial charge in [-0.3, -0.25) is 9.80 Å². The third-order valence-electron chi connectivity index (χ3n) is 6.64. The number of piperidine rings is 1.